The highest BCUT2D eigenvalue weighted by molar-refractivity contribution is 6.01. The molecule has 0 aromatic heterocycles. The molecule has 0 aliphatic carbocycles. The second-order valence-corrected chi connectivity index (χ2v) is 5.87. The molecule has 3 amide bonds. The van der Waals surface area contributed by atoms with Crippen molar-refractivity contribution in [3.05, 3.63) is 23.8 Å². The fourth-order valence-corrected chi connectivity index (χ4v) is 2.99. The van der Waals surface area contributed by atoms with Gasteiger partial charge in [-0.3, -0.25) is 14.4 Å². The third kappa shape index (κ3) is 2.95. The van der Waals surface area contributed by atoms with E-state index in [2.05, 4.69) is 10.6 Å². The minimum absolute atomic E-state index is 0.0184. The molecule has 0 bridgehead atoms. The Balaban J connectivity index is 1.60. The Hall–Kier alpha value is -2.37. The quantitative estimate of drug-likeness (QED) is 0.866. The highest BCUT2D eigenvalue weighted by Crippen LogP contribution is 2.27. The van der Waals surface area contributed by atoms with Crippen LogP contribution in [0.4, 0.5) is 11.4 Å². The van der Waals surface area contributed by atoms with E-state index in [1.54, 1.807) is 17.9 Å². The molecule has 2 N–H and O–H groups in total. The van der Waals surface area contributed by atoms with Gasteiger partial charge in [0.1, 0.15) is 0 Å². The molecule has 6 nitrogen and oxygen atoms in total. The number of fused-ring (bicyclic) bond motifs is 1. The van der Waals surface area contributed by atoms with Crippen LogP contribution < -0.4 is 10.6 Å². The van der Waals surface area contributed by atoms with Crippen molar-refractivity contribution < 1.29 is 14.4 Å². The van der Waals surface area contributed by atoms with E-state index in [0.717, 1.165) is 11.3 Å². The van der Waals surface area contributed by atoms with Gasteiger partial charge in [0.2, 0.25) is 17.7 Å². The van der Waals surface area contributed by atoms with Crippen molar-refractivity contribution in [3.8, 4) is 0 Å². The maximum atomic E-state index is 12.3. The Morgan fingerprint density at radius 1 is 1.27 bits per heavy atom. The van der Waals surface area contributed by atoms with Gasteiger partial charge in [-0.15, -0.1) is 0 Å². The average Bonchev–Trinajstić information content (AvgIpc) is 2.86. The zero-order valence-corrected chi connectivity index (χ0v) is 12.5. The molecule has 116 valence electrons. The number of piperidine rings is 1. The van der Waals surface area contributed by atoms with Crippen molar-refractivity contribution in [1.82, 2.24) is 4.90 Å². The Bertz CT molecular complexity index is 634. The normalized spacial score (nSPS) is 17.9. The van der Waals surface area contributed by atoms with Crippen molar-refractivity contribution in [2.75, 3.05) is 23.7 Å². The van der Waals surface area contributed by atoms with Crippen LogP contribution in [0.3, 0.4) is 0 Å². The molecule has 22 heavy (non-hydrogen) atoms. The molecule has 1 saturated heterocycles. The van der Waals surface area contributed by atoms with E-state index < -0.39 is 0 Å². The molecule has 0 radical (unpaired) electrons. The maximum absolute atomic E-state index is 12.3. The lowest BCUT2D eigenvalue weighted by atomic mass is 9.95. The first kappa shape index (κ1) is 14.6. The summed E-state index contributed by atoms with van der Waals surface area (Å²) in [5, 5.41) is 5.68. The van der Waals surface area contributed by atoms with Gasteiger partial charge in [0.15, 0.2) is 0 Å². The second kappa shape index (κ2) is 5.79. The third-order valence-electron chi connectivity index (χ3n) is 4.31. The molecule has 1 aromatic rings. The molecule has 0 atom stereocenters. The number of hydrogen-bond donors (Lipinski definition) is 2. The van der Waals surface area contributed by atoms with Crippen LogP contribution in [0.2, 0.25) is 0 Å². The van der Waals surface area contributed by atoms with Crippen LogP contribution in [0.15, 0.2) is 18.2 Å². The van der Waals surface area contributed by atoms with E-state index in [1.807, 2.05) is 12.1 Å². The predicted molar refractivity (Wildman–Crippen MR) is 82.4 cm³/mol. The number of rotatable bonds is 2. The van der Waals surface area contributed by atoms with Crippen LogP contribution in [-0.4, -0.2) is 35.7 Å². The van der Waals surface area contributed by atoms with E-state index in [4.69, 9.17) is 0 Å². The first-order chi connectivity index (χ1) is 10.5. The van der Waals surface area contributed by atoms with E-state index in [9.17, 15) is 14.4 Å². The molecule has 2 aliphatic heterocycles. The lowest BCUT2D eigenvalue weighted by Gasteiger charge is -2.30. The molecular weight excluding hydrogens is 282 g/mol. The zero-order chi connectivity index (χ0) is 15.7. The van der Waals surface area contributed by atoms with Gasteiger partial charge in [-0.2, -0.15) is 0 Å². The lowest BCUT2D eigenvalue weighted by molar-refractivity contribution is -0.132. The Kier molecular flexibility index (Phi) is 3.83. The molecule has 1 fully saturated rings. The Labute approximate surface area is 128 Å². The van der Waals surface area contributed by atoms with E-state index in [1.165, 1.54) is 0 Å². The number of carbonyl (C=O) groups is 3. The van der Waals surface area contributed by atoms with Gasteiger partial charge in [0.25, 0.3) is 0 Å². The standard InChI is InChI=1S/C16H19N3O3/c1-10(20)19-6-4-11(5-7-19)16(22)17-13-3-2-12-8-15(21)18-14(12)9-13/h2-3,9,11H,4-8H2,1H3,(H,17,22)(H,18,21). The largest absolute Gasteiger partial charge is 0.343 e. The SMILES string of the molecule is CC(=O)N1CCC(C(=O)Nc2ccc3c(c2)NC(=O)C3)CC1. The van der Waals surface area contributed by atoms with Crippen molar-refractivity contribution in [1.29, 1.82) is 0 Å². The first-order valence-electron chi connectivity index (χ1n) is 7.52. The number of carbonyl (C=O) groups excluding carboxylic acids is 3. The second-order valence-electron chi connectivity index (χ2n) is 5.87. The summed E-state index contributed by atoms with van der Waals surface area (Å²) in [5.74, 6) is -0.0470. The minimum atomic E-state index is -0.0709. The maximum Gasteiger partial charge on any atom is 0.228 e. The van der Waals surface area contributed by atoms with Crippen LogP contribution in [0.5, 0.6) is 0 Å². The topological polar surface area (TPSA) is 78.5 Å². The summed E-state index contributed by atoms with van der Waals surface area (Å²) >= 11 is 0. The number of likely N-dealkylation sites (tertiary alicyclic amines) is 1. The van der Waals surface area contributed by atoms with Gasteiger partial charge in [0.05, 0.1) is 6.42 Å². The molecule has 1 aromatic carbocycles. The third-order valence-corrected chi connectivity index (χ3v) is 4.31. The Morgan fingerprint density at radius 2 is 2.00 bits per heavy atom. The lowest BCUT2D eigenvalue weighted by Crippen LogP contribution is -2.40. The number of anilines is 2. The van der Waals surface area contributed by atoms with E-state index in [0.29, 0.717) is 38.0 Å². The van der Waals surface area contributed by atoms with E-state index >= 15 is 0 Å². The van der Waals surface area contributed by atoms with Crippen molar-refractivity contribution in [2.45, 2.75) is 26.2 Å². The number of nitrogens with zero attached hydrogens (tertiary/aromatic N) is 1. The highest BCUT2D eigenvalue weighted by Gasteiger charge is 2.26. The summed E-state index contributed by atoms with van der Waals surface area (Å²) in [6.07, 6.45) is 1.77. The smallest absolute Gasteiger partial charge is 0.228 e. The van der Waals surface area contributed by atoms with Crippen LogP contribution in [0, 0.1) is 5.92 Å². The highest BCUT2D eigenvalue weighted by atomic mass is 16.2. The van der Waals surface area contributed by atoms with Crippen molar-refractivity contribution >= 4 is 29.1 Å². The van der Waals surface area contributed by atoms with Gasteiger partial charge in [-0.1, -0.05) is 6.07 Å². The fourth-order valence-electron chi connectivity index (χ4n) is 2.99. The average molecular weight is 301 g/mol. The molecule has 2 heterocycles. The molecule has 2 aliphatic rings. The van der Waals surface area contributed by atoms with Gasteiger partial charge in [-0.05, 0) is 30.5 Å². The summed E-state index contributed by atoms with van der Waals surface area (Å²) in [5.41, 5.74) is 2.42. The van der Waals surface area contributed by atoms with Crippen LogP contribution >= 0.6 is 0 Å². The van der Waals surface area contributed by atoms with Crippen LogP contribution in [0.25, 0.3) is 0 Å². The van der Waals surface area contributed by atoms with Crippen molar-refractivity contribution in [2.24, 2.45) is 5.92 Å². The summed E-state index contributed by atoms with van der Waals surface area (Å²) in [7, 11) is 0. The monoisotopic (exact) mass is 301 g/mol. The van der Waals surface area contributed by atoms with Gasteiger partial charge in [-0.25, -0.2) is 0 Å². The number of amides is 3. The molecule has 0 spiro atoms. The van der Waals surface area contributed by atoms with Crippen molar-refractivity contribution in [3.63, 3.8) is 0 Å². The first-order valence-corrected chi connectivity index (χ1v) is 7.52. The summed E-state index contributed by atoms with van der Waals surface area (Å²) in [6, 6.07) is 5.48. The predicted octanol–water partition coefficient (Wildman–Crippen LogP) is 1.38. The van der Waals surface area contributed by atoms with Gasteiger partial charge in [0, 0.05) is 37.3 Å². The van der Waals surface area contributed by atoms with Gasteiger partial charge >= 0.3 is 0 Å². The fraction of sp³-hybridized carbons (Fsp3) is 0.438. The van der Waals surface area contributed by atoms with Gasteiger partial charge < -0.3 is 15.5 Å². The molecule has 0 unspecified atom stereocenters. The number of nitrogens with one attached hydrogen (secondary N) is 2. The number of benzene rings is 1. The summed E-state index contributed by atoms with van der Waals surface area (Å²) in [6.45, 7) is 2.82. The molecule has 3 rings (SSSR count). The van der Waals surface area contributed by atoms with Crippen LogP contribution in [0.1, 0.15) is 25.3 Å². The summed E-state index contributed by atoms with van der Waals surface area (Å²) < 4.78 is 0. The summed E-state index contributed by atoms with van der Waals surface area (Å²) in [4.78, 5) is 36.7. The van der Waals surface area contributed by atoms with E-state index in [-0.39, 0.29) is 23.6 Å². The zero-order valence-electron chi connectivity index (χ0n) is 12.5. The Morgan fingerprint density at radius 3 is 2.68 bits per heavy atom. The molecule has 0 saturated carbocycles. The molecule has 6 heteroatoms. The number of hydrogen-bond acceptors (Lipinski definition) is 3. The molecular formula is C16H19N3O3. The van der Waals surface area contributed by atoms with Crippen LogP contribution in [-0.2, 0) is 20.8 Å². The minimum Gasteiger partial charge on any atom is -0.343 e.